The van der Waals surface area contributed by atoms with Crippen LogP contribution in [0.15, 0.2) is 85.1 Å². The number of anilines is 1. The zero-order valence-electron chi connectivity index (χ0n) is 20.7. The van der Waals surface area contributed by atoms with Crippen LogP contribution in [0.2, 0.25) is 0 Å². The van der Waals surface area contributed by atoms with Crippen molar-refractivity contribution < 1.29 is 4.58 Å². The Morgan fingerprint density at radius 2 is 1.65 bits per heavy atom. The number of fused-ring (bicyclic) bond motifs is 3. The Morgan fingerprint density at radius 1 is 0.882 bits per heavy atom. The largest absolute Gasteiger partial charge is 0.372 e. The van der Waals surface area contributed by atoms with E-state index in [1.807, 2.05) is 6.20 Å². The van der Waals surface area contributed by atoms with Crippen molar-refractivity contribution >= 4 is 33.9 Å². The van der Waals surface area contributed by atoms with E-state index >= 15 is 0 Å². The van der Waals surface area contributed by atoms with Crippen LogP contribution in [0.5, 0.6) is 0 Å². The zero-order valence-corrected chi connectivity index (χ0v) is 20.7. The summed E-state index contributed by atoms with van der Waals surface area (Å²) in [4.78, 5) is 5.82. The van der Waals surface area contributed by atoms with E-state index in [0.29, 0.717) is 0 Å². The third-order valence-corrected chi connectivity index (χ3v) is 7.41. The standard InChI is InChI=1S/C31H34N3/c1-5-34(6-2)26-17-13-23(14-18-26)15-20-29-31(3,22-25-11-9-21-32-25)30-27-12-8-7-10-24(27)16-19-28(30)33(29)4/h7-21,32H,5-6,22H2,1-4H3/q+1. The highest BCUT2D eigenvalue weighted by Crippen LogP contribution is 2.45. The highest BCUT2D eigenvalue weighted by Gasteiger charge is 2.47. The molecule has 0 fully saturated rings. The molecule has 2 heterocycles. The maximum Gasteiger partial charge on any atom is 0.210 e. The summed E-state index contributed by atoms with van der Waals surface area (Å²) in [5.74, 6) is 0. The monoisotopic (exact) mass is 448 g/mol. The fourth-order valence-electron chi connectivity index (χ4n) is 5.64. The Bertz CT molecular complexity index is 1360. The van der Waals surface area contributed by atoms with Gasteiger partial charge in [0.1, 0.15) is 7.05 Å². The second-order valence-corrected chi connectivity index (χ2v) is 9.43. The molecule has 1 aliphatic rings. The van der Waals surface area contributed by atoms with Crippen LogP contribution < -0.4 is 4.90 Å². The lowest BCUT2D eigenvalue weighted by Gasteiger charge is -2.23. The number of aromatic nitrogens is 1. The number of H-pyrrole nitrogens is 1. The SMILES string of the molecule is CCN(CC)c1ccc(C=CC2=[N+](C)c3ccc4ccccc4c3C2(C)Cc2ccc[nH]2)cc1. The molecule has 1 aliphatic heterocycles. The summed E-state index contributed by atoms with van der Waals surface area (Å²) in [6.45, 7) is 8.85. The minimum absolute atomic E-state index is 0.145. The van der Waals surface area contributed by atoms with Crippen LogP contribution in [0.25, 0.3) is 16.8 Å². The number of allylic oxidation sites excluding steroid dienone is 1. The van der Waals surface area contributed by atoms with E-state index in [1.54, 1.807) is 0 Å². The molecule has 0 saturated heterocycles. The van der Waals surface area contributed by atoms with Gasteiger partial charge < -0.3 is 9.88 Å². The molecule has 0 bridgehead atoms. The quantitative estimate of drug-likeness (QED) is 0.303. The smallest absolute Gasteiger partial charge is 0.210 e. The number of rotatable bonds is 7. The van der Waals surface area contributed by atoms with Crippen molar-refractivity contribution in [1.29, 1.82) is 0 Å². The summed E-state index contributed by atoms with van der Waals surface area (Å²) in [5.41, 5.74) is 7.65. The molecule has 3 heteroatoms. The molecule has 0 amide bonds. The molecule has 1 unspecified atom stereocenters. The molecule has 34 heavy (non-hydrogen) atoms. The average Bonchev–Trinajstić information content (AvgIpc) is 3.44. The molecular weight excluding hydrogens is 414 g/mol. The lowest BCUT2D eigenvalue weighted by molar-refractivity contribution is -0.401. The lowest BCUT2D eigenvalue weighted by Crippen LogP contribution is -2.33. The Morgan fingerprint density at radius 3 is 2.35 bits per heavy atom. The Balaban J connectivity index is 1.57. The molecule has 3 nitrogen and oxygen atoms in total. The van der Waals surface area contributed by atoms with E-state index in [0.717, 1.165) is 19.5 Å². The first-order valence-electron chi connectivity index (χ1n) is 12.3. The van der Waals surface area contributed by atoms with Crippen molar-refractivity contribution in [3.8, 4) is 0 Å². The van der Waals surface area contributed by atoms with Crippen LogP contribution in [0.4, 0.5) is 11.4 Å². The average molecular weight is 449 g/mol. The van der Waals surface area contributed by atoms with E-state index in [9.17, 15) is 0 Å². The minimum Gasteiger partial charge on any atom is -0.372 e. The molecule has 1 N–H and O–H groups in total. The third kappa shape index (κ3) is 3.75. The maximum atomic E-state index is 3.44. The topological polar surface area (TPSA) is 22.0 Å². The molecule has 5 rings (SSSR count). The van der Waals surface area contributed by atoms with Crippen LogP contribution in [-0.2, 0) is 11.8 Å². The van der Waals surface area contributed by atoms with E-state index in [2.05, 4.69) is 127 Å². The number of hydrogen-bond acceptors (Lipinski definition) is 1. The van der Waals surface area contributed by atoms with Gasteiger partial charge in [-0.3, -0.25) is 0 Å². The fourth-order valence-corrected chi connectivity index (χ4v) is 5.64. The van der Waals surface area contributed by atoms with Gasteiger partial charge in [-0.15, -0.1) is 0 Å². The molecule has 4 aromatic rings. The van der Waals surface area contributed by atoms with Gasteiger partial charge in [0.2, 0.25) is 5.69 Å². The second-order valence-electron chi connectivity index (χ2n) is 9.43. The van der Waals surface area contributed by atoms with Gasteiger partial charge in [-0.2, -0.15) is 4.58 Å². The molecule has 1 atom stereocenters. The van der Waals surface area contributed by atoms with Gasteiger partial charge in [0.05, 0.1) is 5.41 Å². The molecule has 1 aromatic heterocycles. The van der Waals surface area contributed by atoms with Crippen LogP contribution in [-0.4, -0.2) is 35.4 Å². The highest BCUT2D eigenvalue weighted by atomic mass is 15.1. The Labute approximate surface area is 203 Å². The van der Waals surface area contributed by atoms with Gasteiger partial charge in [-0.25, -0.2) is 0 Å². The van der Waals surface area contributed by atoms with Crippen LogP contribution in [0, 0.1) is 0 Å². The summed E-state index contributed by atoms with van der Waals surface area (Å²) in [5, 5.41) is 2.64. The Kier molecular flexibility index (Phi) is 5.87. The van der Waals surface area contributed by atoms with Crippen LogP contribution in [0.3, 0.4) is 0 Å². The number of nitrogens with zero attached hydrogens (tertiary/aromatic N) is 2. The number of hydrogen-bond donors (Lipinski definition) is 1. The van der Waals surface area contributed by atoms with Crippen molar-refractivity contribution in [3.05, 3.63) is 102 Å². The van der Waals surface area contributed by atoms with Gasteiger partial charge in [0, 0.05) is 54.8 Å². The first kappa shape index (κ1) is 22.2. The zero-order chi connectivity index (χ0) is 23.7. The molecule has 172 valence electrons. The summed E-state index contributed by atoms with van der Waals surface area (Å²) in [7, 11) is 2.21. The summed E-state index contributed by atoms with van der Waals surface area (Å²) < 4.78 is 2.38. The first-order chi connectivity index (χ1) is 16.5. The molecule has 3 aromatic carbocycles. The van der Waals surface area contributed by atoms with Crippen LogP contribution in [0.1, 0.15) is 37.6 Å². The van der Waals surface area contributed by atoms with Gasteiger partial charge >= 0.3 is 0 Å². The van der Waals surface area contributed by atoms with Gasteiger partial charge in [-0.05, 0) is 73.5 Å². The van der Waals surface area contributed by atoms with E-state index in [-0.39, 0.29) is 5.41 Å². The maximum absolute atomic E-state index is 3.44. The predicted molar refractivity (Wildman–Crippen MR) is 146 cm³/mol. The molecule has 0 radical (unpaired) electrons. The first-order valence-corrected chi connectivity index (χ1v) is 12.3. The van der Waals surface area contributed by atoms with Gasteiger partial charge in [0.15, 0.2) is 5.71 Å². The normalized spacial score (nSPS) is 17.6. The summed E-state index contributed by atoms with van der Waals surface area (Å²) >= 11 is 0. The van der Waals surface area contributed by atoms with E-state index < -0.39 is 0 Å². The van der Waals surface area contributed by atoms with Crippen molar-refractivity contribution in [3.63, 3.8) is 0 Å². The number of benzene rings is 3. The minimum atomic E-state index is -0.145. The van der Waals surface area contributed by atoms with Gasteiger partial charge in [-0.1, -0.05) is 36.4 Å². The van der Waals surface area contributed by atoms with Crippen molar-refractivity contribution in [1.82, 2.24) is 4.98 Å². The molecule has 0 aliphatic carbocycles. The molecular formula is C31H34N3+. The molecule has 0 spiro atoms. The van der Waals surface area contributed by atoms with E-state index in [4.69, 9.17) is 0 Å². The summed E-state index contributed by atoms with van der Waals surface area (Å²) in [6, 6.07) is 26.5. The third-order valence-electron chi connectivity index (χ3n) is 7.41. The van der Waals surface area contributed by atoms with Crippen LogP contribution >= 0.6 is 0 Å². The fraction of sp³-hybridized carbons (Fsp3) is 0.258. The van der Waals surface area contributed by atoms with Crippen molar-refractivity contribution in [2.75, 3.05) is 25.0 Å². The predicted octanol–water partition coefficient (Wildman–Crippen LogP) is 6.96. The lowest BCUT2D eigenvalue weighted by atomic mass is 9.74. The highest BCUT2D eigenvalue weighted by molar-refractivity contribution is 6.09. The molecule has 0 saturated carbocycles. The number of nitrogens with one attached hydrogen (secondary N) is 1. The van der Waals surface area contributed by atoms with E-state index in [1.165, 1.54) is 44.7 Å². The Hall–Kier alpha value is -3.59. The van der Waals surface area contributed by atoms with Crippen molar-refractivity contribution in [2.24, 2.45) is 0 Å². The van der Waals surface area contributed by atoms with Crippen molar-refractivity contribution in [2.45, 2.75) is 32.6 Å². The second kappa shape index (κ2) is 8.98. The number of aromatic amines is 1. The van der Waals surface area contributed by atoms with Gasteiger partial charge in [0.25, 0.3) is 0 Å². The summed E-state index contributed by atoms with van der Waals surface area (Å²) in [6.07, 6.45) is 7.53.